The minimum atomic E-state index is -0.529. The molecule has 0 unspecified atom stereocenters. The lowest BCUT2D eigenvalue weighted by molar-refractivity contribution is -0.115. The van der Waals surface area contributed by atoms with Gasteiger partial charge in [0.2, 0.25) is 5.91 Å². The maximum absolute atomic E-state index is 12.5. The molecule has 3 rings (SSSR count). The summed E-state index contributed by atoms with van der Waals surface area (Å²) in [4.78, 5) is 38.1. The number of nitrogens with one attached hydrogen (secondary N) is 1. The molecule has 1 heterocycles. The fourth-order valence-corrected chi connectivity index (χ4v) is 3.20. The first-order chi connectivity index (χ1) is 11.6. The van der Waals surface area contributed by atoms with E-state index in [1.165, 1.54) is 18.9 Å². The zero-order valence-electron chi connectivity index (χ0n) is 12.8. The van der Waals surface area contributed by atoms with Gasteiger partial charge in [-0.1, -0.05) is 12.1 Å². The molecule has 24 heavy (non-hydrogen) atoms. The van der Waals surface area contributed by atoms with Crippen LogP contribution >= 0.6 is 11.8 Å². The number of carbonyl (C=O) groups excluding carboxylic acids is 3. The SMILES string of the molecule is COC(=O)c1ccc(NC(=O)N2C(=O)CSc3ccccc32)cc1. The molecule has 0 atom stereocenters. The number of rotatable bonds is 2. The number of anilines is 2. The van der Waals surface area contributed by atoms with Crippen LogP contribution in [-0.4, -0.2) is 30.8 Å². The smallest absolute Gasteiger partial charge is 0.337 e. The monoisotopic (exact) mass is 342 g/mol. The second-order valence-corrected chi connectivity index (χ2v) is 6.00. The number of thioether (sulfide) groups is 1. The van der Waals surface area contributed by atoms with Gasteiger partial charge in [0, 0.05) is 10.6 Å². The molecule has 122 valence electrons. The van der Waals surface area contributed by atoms with E-state index in [1.54, 1.807) is 36.4 Å². The van der Waals surface area contributed by atoms with Crippen LogP contribution in [0.15, 0.2) is 53.4 Å². The predicted molar refractivity (Wildman–Crippen MR) is 91.5 cm³/mol. The molecule has 0 bridgehead atoms. The van der Waals surface area contributed by atoms with Crippen LogP contribution in [0.5, 0.6) is 0 Å². The van der Waals surface area contributed by atoms with Crippen molar-refractivity contribution in [3.63, 3.8) is 0 Å². The van der Waals surface area contributed by atoms with Crippen molar-refractivity contribution in [2.45, 2.75) is 4.90 Å². The second-order valence-electron chi connectivity index (χ2n) is 4.98. The molecule has 0 radical (unpaired) electrons. The first-order valence-electron chi connectivity index (χ1n) is 7.14. The first kappa shape index (κ1) is 16.1. The number of esters is 1. The second kappa shape index (κ2) is 6.76. The van der Waals surface area contributed by atoms with Gasteiger partial charge in [0.05, 0.1) is 24.1 Å². The predicted octanol–water partition coefficient (Wildman–Crippen LogP) is 3.14. The third kappa shape index (κ3) is 3.11. The fourth-order valence-electron chi connectivity index (χ4n) is 2.31. The summed E-state index contributed by atoms with van der Waals surface area (Å²) in [6, 6.07) is 13.0. The molecular formula is C17H14N2O4S. The van der Waals surface area contributed by atoms with E-state index in [4.69, 9.17) is 0 Å². The average Bonchev–Trinajstić information content (AvgIpc) is 2.61. The van der Waals surface area contributed by atoms with E-state index in [0.717, 1.165) is 9.80 Å². The van der Waals surface area contributed by atoms with Crippen LogP contribution in [0.25, 0.3) is 0 Å². The summed E-state index contributed by atoms with van der Waals surface area (Å²) in [6.45, 7) is 0. The Morgan fingerprint density at radius 3 is 2.54 bits per heavy atom. The molecule has 1 aliphatic heterocycles. The van der Waals surface area contributed by atoms with Gasteiger partial charge in [0.1, 0.15) is 0 Å². The van der Waals surface area contributed by atoms with Gasteiger partial charge < -0.3 is 10.1 Å². The van der Waals surface area contributed by atoms with Crippen LogP contribution in [0.4, 0.5) is 16.2 Å². The van der Waals surface area contributed by atoms with Crippen molar-refractivity contribution in [3.05, 3.63) is 54.1 Å². The van der Waals surface area contributed by atoms with Gasteiger partial charge in [-0.2, -0.15) is 0 Å². The van der Waals surface area contributed by atoms with Crippen molar-refractivity contribution in [2.75, 3.05) is 23.1 Å². The third-order valence-electron chi connectivity index (χ3n) is 3.47. The van der Waals surface area contributed by atoms with Gasteiger partial charge in [-0.05, 0) is 36.4 Å². The number of ether oxygens (including phenoxy) is 1. The summed E-state index contributed by atoms with van der Waals surface area (Å²) in [5.41, 5.74) is 1.44. The van der Waals surface area contributed by atoms with Crippen LogP contribution in [0, 0.1) is 0 Å². The van der Waals surface area contributed by atoms with Crippen LogP contribution in [-0.2, 0) is 9.53 Å². The molecule has 0 spiro atoms. The molecule has 0 saturated carbocycles. The van der Waals surface area contributed by atoms with Crippen LogP contribution in [0.3, 0.4) is 0 Å². The van der Waals surface area contributed by atoms with E-state index < -0.39 is 12.0 Å². The summed E-state index contributed by atoms with van der Waals surface area (Å²) < 4.78 is 4.62. The van der Waals surface area contributed by atoms with E-state index in [1.807, 2.05) is 12.1 Å². The Kier molecular flexibility index (Phi) is 4.52. The summed E-state index contributed by atoms with van der Waals surface area (Å²) in [5.74, 6) is -0.515. The van der Waals surface area contributed by atoms with Crippen molar-refractivity contribution in [2.24, 2.45) is 0 Å². The summed E-state index contributed by atoms with van der Waals surface area (Å²) in [6.07, 6.45) is 0. The van der Waals surface area contributed by atoms with Crippen LogP contribution < -0.4 is 10.2 Å². The lowest BCUT2D eigenvalue weighted by Gasteiger charge is -2.27. The number of para-hydroxylation sites is 1. The Bertz CT molecular complexity index is 804. The average molecular weight is 342 g/mol. The third-order valence-corrected chi connectivity index (χ3v) is 4.51. The lowest BCUT2D eigenvalue weighted by Crippen LogP contribution is -2.43. The molecule has 0 aromatic heterocycles. The zero-order chi connectivity index (χ0) is 17.1. The Labute approximate surface area is 142 Å². The molecule has 6 nitrogen and oxygen atoms in total. The highest BCUT2D eigenvalue weighted by Crippen LogP contribution is 2.35. The summed E-state index contributed by atoms with van der Waals surface area (Å²) >= 11 is 1.41. The lowest BCUT2D eigenvalue weighted by atomic mass is 10.2. The highest BCUT2D eigenvalue weighted by atomic mass is 32.2. The van der Waals surface area contributed by atoms with Crippen LogP contribution in [0.1, 0.15) is 10.4 Å². The quantitative estimate of drug-likeness (QED) is 0.849. The molecule has 7 heteroatoms. The number of hydrogen-bond acceptors (Lipinski definition) is 5. The molecule has 3 amide bonds. The van der Waals surface area contributed by atoms with Crippen molar-refractivity contribution >= 4 is 41.0 Å². The van der Waals surface area contributed by atoms with Gasteiger partial charge in [-0.3, -0.25) is 4.79 Å². The standard InChI is InChI=1S/C17H14N2O4S/c1-23-16(21)11-6-8-12(9-7-11)18-17(22)19-13-4-2-3-5-14(13)24-10-15(19)20/h2-9H,10H2,1H3,(H,18,22). The van der Waals surface area contributed by atoms with E-state index in [0.29, 0.717) is 16.9 Å². The normalized spacial score (nSPS) is 13.2. The number of benzene rings is 2. The number of urea groups is 1. The minimum absolute atomic E-state index is 0.214. The van der Waals surface area contributed by atoms with Gasteiger partial charge in [0.25, 0.3) is 0 Å². The molecule has 0 aliphatic carbocycles. The molecule has 1 N–H and O–H groups in total. The minimum Gasteiger partial charge on any atom is -0.465 e. The topological polar surface area (TPSA) is 75.7 Å². The number of imide groups is 1. The number of amides is 3. The van der Waals surface area contributed by atoms with Gasteiger partial charge in [-0.15, -0.1) is 11.8 Å². The van der Waals surface area contributed by atoms with Crippen LogP contribution in [0.2, 0.25) is 0 Å². The van der Waals surface area contributed by atoms with Crippen molar-refractivity contribution in [1.82, 2.24) is 0 Å². The Morgan fingerprint density at radius 2 is 1.83 bits per heavy atom. The summed E-state index contributed by atoms with van der Waals surface area (Å²) in [7, 11) is 1.30. The number of nitrogens with zero attached hydrogens (tertiary/aromatic N) is 1. The maximum Gasteiger partial charge on any atom is 0.337 e. The van der Waals surface area contributed by atoms with Crippen molar-refractivity contribution < 1.29 is 19.1 Å². The molecule has 2 aromatic carbocycles. The van der Waals surface area contributed by atoms with Crippen molar-refractivity contribution in [3.8, 4) is 0 Å². The highest BCUT2D eigenvalue weighted by Gasteiger charge is 2.29. The Morgan fingerprint density at radius 1 is 1.12 bits per heavy atom. The summed E-state index contributed by atoms with van der Waals surface area (Å²) in [5, 5.41) is 2.67. The maximum atomic E-state index is 12.5. The Balaban J connectivity index is 1.80. The van der Waals surface area contributed by atoms with E-state index in [-0.39, 0.29) is 11.7 Å². The van der Waals surface area contributed by atoms with Gasteiger partial charge in [-0.25, -0.2) is 14.5 Å². The van der Waals surface area contributed by atoms with Crippen molar-refractivity contribution in [1.29, 1.82) is 0 Å². The number of carbonyl (C=O) groups is 3. The molecule has 1 aliphatic rings. The van der Waals surface area contributed by atoms with Gasteiger partial charge >= 0.3 is 12.0 Å². The first-order valence-corrected chi connectivity index (χ1v) is 8.13. The number of methoxy groups -OCH3 is 1. The molecule has 0 saturated heterocycles. The van der Waals surface area contributed by atoms with E-state index in [9.17, 15) is 14.4 Å². The zero-order valence-corrected chi connectivity index (χ0v) is 13.6. The van der Waals surface area contributed by atoms with E-state index in [2.05, 4.69) is 10.1 Å². The Hall–Kier alpha value is -2.80. The molecular weight excluding hydrogens is 328 g/mol. The van der Waals surface area contributed by atoms with Gasteiger partial charge in [0.15, 0.2) is 0 Å². The van der Waals surface area contributed by atoms with E-state index >= 15 is 0 Å². The fraction of sp³-hybridized carbons (Fsp3) is 0.118. The number of hydrogen-bond donors (Lipinski definition) is 1. The molecule has 0 fully saturated rings. The largest absolute Gasteiger partial charge is 0.465 e. The number of fused-ring (bicyclic) bond motifs is 1. The highest BCUT2D eigenvalue weighted by molar-refractivity contribution is 8.00. The molecule has 2 aromatic rings.